The van der Waals surface area contributed by atoms with Crippen LogP contribution >= 0.6 is 7.60 Å². The third-order valence-electron chi connectivity index (χ3n) is 2.88. The summed E-state index contributed by atoms with van der Waals surface area (Å²) >= 11 is 0. The van der Waals surface area contributed by atoms with Gasteiger partial charge in [-0.3, -0.25) is 0 Å². The van der Waals surface area contributed by atoms with Crippen LogP contribution in [0.3, 0.4) is 0 Å². The maximum absolute atomic E-state index is 13.1. The normalized spacial score (nSPS) is 17.5. The van der Waals surface area contributed by atoms with Crippen molar-refractivity contribution >= 4 is 13.8 Å². The molecule has 22 heavy (non-hydrogen) atoms. The molecule has 2 aromatic carbocycles. The Hall–Kier alpha value is -2.46. The van der Waals surface area contributed by atoms with E-state index in [-0.39, 0.29) is 6.61 Å². The molecule has 1 fully saturated rings. The fourth-order valence-electron chi connectivity index (χ4n) is 1.87. The van der Waals surface area contributed by atoms with Gasteiger partial charge in [-0.1, -0.05) is 36.4 Å². The molecular formula is C15H13O6P. The minimum atomic E-state index is -3.82. The predicted molar refractivity (Wildman–Crippen MR) is 78.0 cm³/mol. The summed E-state index contributed by atoms with van der Waals surface area (Å²) in [7, 11) is -3.82. The second-order valence-corrected chi connectivity index (χ2v) is 6.50. The molecule has 0 radical (unpaired) electrons. The van der Waals surface area contributed by atoms with Crippen LogP contribution in [-0.2, 0) is 14.0 Å². The van der Waals surface area contributed by atoms with Crippen molar-refractivity contribution < 1.29 is 27.9 Å². The highest BCUT2D eigenvalue weighted by atomic mass is 31.2. The zero-order valence-corrected chi connectivity index (χ0v) is 12.3. The highest BCUT2D eigenvalue weighted by molar-refractivity contribution is 7.55. The minimum Gasteiger partial charge on any atom is -0.429 e. The zero-order chi connectivity index (χ0) is 15.4. The molecule has 2 aromatic rings. The number of benzene rings is 2. The third-order valence-corrected chi connectivity index (χ3v) is 4.77. The van der Waals surface area contributed by atoms with E-state index in [1.807, 2.05) is 0 Å². The minimum absolute atomic E-state index is 0.185. The standard InChI is InChI=1S/C15H13O6P/c16-15-18-11-14(19-15)22(17,20-12-7-3-1-4-8-12)21-13-9-5-2-6-10-13/h1-10,14H,11H2. The largest absolute Gasteiger partial charge is 0.509 e. The van der Waals surface area contributed by atoms with E-state index in [1.54, 1.807) is 60.7 Å². The van der Waals surface area contributed by atoms with E-state index in [4.69, 9.17) is 18.5 Å². The van der Waals surface area contributed by atoms with E-state index in [9.17, 15) is 9.36 Å². The van der Waals surface area contributed by atoms with E-state index < -0.39 is 19.6 Å². The molecule has 114 valence electrons. The van der Waals surface area contributed by atoms with Gasteiger partial charge in [0, 0.05) is 0 Å². The van der Waals surface area contributed by atoms with Gasteiger partial charge in [0.05, 0.1) is 0 Å². The quantitative estimate of drug-likeness (QED) is 0.616. The van der Waals surface area contributed by atoms with E-state index in [0.29, 0.717) is 11.5 Å². The monoisotopic (exact) mass is 320 g/mol. The lowest BCUT2D eigenvalue weighted by Crippen LogP contribution is -2.18. The van der Waals surface area contributed by atoms with Gasteiger partial charge in [0.25, 0.3) is 5.85 Å². The summed E-state index contributed by atoms with van der Waals surface area (Å²) in [4.78, 5) is 11.1. The predicted octanol–water partition coefficient (Wildman–Crippen LogP) is 3.83. The first kappa shape index (κ1) is 14.5. The molecule has 1 saturated heterocycles. The highest BCUT2D eigenvalue weighted by Crippen LogP contribution is 2.54. The average molecular weight is 320 g/mol. The van der Waals surface area contributed by atoms with Crippen molar-refractivity contribution in [2.45, 2.75) is 5.85 Å². The first-order valence-electron chi connectivity index (χ1n) is 6.58. The molecule has 0 bridgehead atoms. The van der Waals surface area contributed by atoms with Crippen LogP contribution in [0.5, 0.6) is 11.5 Å². The Morgan fingerprint density at radius 2 is 1.41 bits per heavy atom. The lowest BCUT2D eigenvalue weighted by Gasteiger charge is -2.22. The fourth-order valence-corrected chi connectivity index (χ4v) is 3.44. The van der Waals surface area contributed by atoms with Gasteiger partial charge in [0.15, 0.2) is 0 Å². The Morgan fingerprint density at radius 3 is 1.82 bits per heavy atom. The van der Waals surface area contributed by atoms with Crippen LogP contribution in [0.2, 0.25) is 0 Å². The summed E-state index contributed by atoms with van der Waals surface area (Å²) in [5.41, 5.74) is 0. The van der Waals surface area contributed by atoms with Gasteiger partial charge in [-0.05, 0) is 24.3 Å². The highest BCUT2D eigenvalue weighted by Gasteiger charge is 2.47. The Kier molecular flexibility index (Phi) is 4.02. The van der Waals surface area contributed by atoms with Crippen LogP contribution in [0.15, 0.2) is 60.7 Å². The van der Waals surface area contributed by atoms with Crippen molar-refractivity contribution in [1.29, 1.82) is 0 Å². The second kappa shape index (κ2) is 6.12. The topological polar surface area (TPSA) is 71.1 Å². The first-order valence-corrected chi connectivity index (χ1v) is 8.19. The molecular weight excluding hydrogens is 307 g/mol. The van der Waals surface area contributed by atoms with Crippen LogP contribution in [0.1, 0.15) is 0 Å². The number of para-hydroxylation sites is 2. The van der Waals surface area contributed by atoms with Gasteiger partial charge < -0.3 is 18.5 Å². The third kappa shape index (κ3) is 3.23. The second-order valence-electron chi connectivity index (χ2n) is 4.48. The van der Waals surface area contributed by atoms with E-state index in [1.165, 1.54) is 0 Å². The molecule has 0 aromatic heterocycles. The molecule has 0 amide bonds. The van der Waals surface area contributed by atoms with Crippen molar-refractivity contribution in [1.82, 2.24) is 0 Å². The van der Waals surface area contributed by atoms with E-state index >= 15 is 0 Å². The average Bonchev–Trinajstić information content (AvgIpc) is 2.96. The van der Waals surface area contributed by atoms with Crippen molar-refractivity contribution in [2.24, 2.45) is 0 Å². The SMILES string of the molecule is O=C1OCC(P(=O)(Oc2ccccc2)Oc2ccccc2)O1. The van der Waals surface area contributed by atoms with Gasteiger partial charge in [-0.15, -0.1) is 0 Å². The molecule has 7 heteroatoms. The van der Waals surface area contributed by atoms with Crippen molar-refractivity contribution in [3.05, 3.63) is 60.7 Å². The molecule has 1 aliphatic heterocycles. The van der Waals surface area contributed by atoms with Gasteiger partial charge in [0.2, 0.25) is 0 Å². The lowest BCUT2D eigenvalue weighted by molar-refractivity contribution is 0.125. The maximum atomic E-state index is 13.1. The Labute approximate surface area is 127 Å². The van der Waals surface area contributed by atoms with Gasteiger partial charge >= 0.3 is 13.8 Å². The molecule has 0 aliphatic carbocycles. The zero-order valence-electron chi connectivity index (χ0n) is 11.5. The molecule has 3 rings (SSSR count). The Bertz CT molecular complexity index is 642. The number of hydrogen-bond acceptors (Lipinski definition) is 6. The number of carbonyl (C=O) groups excluding carboxylic acids is 1. The molecule has 6 nitrogen and oxygen atoms in total. The summed E-state index contributed by atoms with van der Waals surface area (Å²) in [6.07, 6.45) is -0.890. The molecule has 0 spiro atoms. The summed E-state index contributed by atoms with van der Waals surface area (Å²) < 4.78 is 33.7. The number of cyclic esters (lactones) is 2. The van der Waals surface area contributed by atoms with E-state index in [2.05, 4.69) is 0 Å². The molecule has 1 heterocycles. The number of rotatable bonds is 5. The van der Waals surface area contributed by atoms with Gasteiger partial charge in [-0.2, -0.15) is 0 Å². The number of hydrogen-bond donors (Lipinski definition) is 0. The maximum Gasteiger partial charge on any atom is 0.509 e. The molecule has 1 aliphatic rings. The molecule has 1 atom stereocenters. The summed E-state index contributed by atoms with van der Waals surface area (Å²) in [6, 6.07) is 17.1. The van der Waals surface area contributed by atoms with Crippen LogP contribution in [0.4, 0.5) is 4.79 Å². The summed E-state index contributed by atoms with van der Waals surface area (Å²) in [6.45, 7) is -0.185. The number of carbonyl (C=O) groups is 1. The summed E-state index contributed by atoms with van der Waals surface area (Å²) in [5.74, 6) is -0.408. The van der Waals surface area contributed by atoms with Crippen molar-refractivity contribution in [2.75, 3.05) is 6.61 Å². The smallest absolute Gasteiger partial charge is 0.429 e. The van der Waals surface area contributed by atoms with Gasteiger partial charge in [0.1, 0.15) is 18.1 Å². The lowest BCUT2D eigenvalue weighted by atomic mass is 10.3. The van der Waals surface area contributed by atoms with E-state index in [0.717, 1.165) is 0 Å². The van der Waals surface area contributed by atoms with Crippen LogP contribution < -0.4 is 9.05 Å². The molecule has 1 unspecified atom stereocenters. The van der Waals surface area contributed by atoms with Gasteiger partial charge in [-0.25, -0.2) is 9.36 Å². The van der Waals surface area contributed by atoms with Crippen LogP contribution in [-0.4, -0.2) is 18.6 Å². The Morgan fingerprint density at radius 1 is 0.909 bits per heavy atom. The van der Waals surface area contributed by atoms with Crippen LogP contribution in [0.25, 0.3) is 0 Å². The molecule has 0 N–H and O–H groups in total. The first-order chi connectivity index (χ1) is 10.7. The van der Waals surface area contributed by atoms with Crippen molar-refractivity contribution in [3.63, 3.8) is 0 Å². The van der Waals surface area contributed by atoms with Crippen molar-refractivity contribution in [3.8, 4) is 11.5 Å². The van der Waals surface area contributed by atoms with Crippen LogP contribution in [0, 0.1) is 0 Å². The fraction of sp³-hybridized carbons (Fsp3) is 0.133. The molecule has 0 saturated carbocycles. The Balaban J connectivity index is 1.87. The summed E-state index contributed by atoms with van der Waals surface area (Å²) in [5, 5.41) is 0. The number of ether oxygens (including phenoxy) is 2.